The van der Waals surface area contributed by atoms with Crippen LogP contribution in [0.3, 0.4) is 0 Å². The van der Waals surface area contributed by atoms with Gasteiger partial charge in [-0.3, -0.25) is 4.90 Å². The largest absolute Gasteiger partial charge is 0.491 e. The van der Waals surface area contributed by atoms with Crippen LogP contribution in [0.5, 0.6) is 5.75 Å². The summed E-state index contributed by atoms with van der Waals surface area (Å²) >= 11 is 0. The quantitative estimate of drug-likeness (QED) is 0.196. The zero-order valence-corrected chi connectivity index (χ0v) is 25.1. The minimum absolute atomic E-state index is 0.0402. The van der Waals surface area contributed by atoms with Gasteiger partial charge in [0.2, 0.25) is 0 Å². The second kappa shape index (κ2) is 13.5. The van der Waals surface area contributed by atoms with Crippen LogP contribution >= 0.6 is 0 Å². The van der Waals surface area contributed by atoms with Gasteiger partial charge in [0.05, 0.1) is 5.60 Å². The number of nitrogens with two attached hydrogens (primary N) is 1. The van der Waals surface area contributed by atoms with Crippen LogP contribution in [-0.2, 0) is 16.0 Å². The Morgan fingerprint density at radius 1 is 0.902 bits per heavy atom. The number of nitrogens with one attached hydrogen (secondary N) is 1. The molecule has 2 aromatic rings. The van der Waals surface area contributed by atoms with Crippen molar-refractivity contribution >= 4 is 12.2 Å². The highest BCUT2D eigenvalue weighted by atomic mass is 16.7. The van der Waals surface area contributed by atoms with Gasteiger partial charge < -0.3 is 35.4 Å². The first-order valence-electron chi connectivity index (χ1n) is 13.6. The van der Waals surface area contributed by atoms with Gasteiger partial charge in [0, 0.05) is 13.0 Å². The summed E-state index contributed by atoms with van der Waals surface area (Å²) in [6.07, 6.45) is -1.00. The van der Waals surface area contributed by atoms with Crippen LogP contribution in [0.2, 0.25) is 0 Å². The third kappa shape index (κ3) is 10.5. The number of unbranched alkanes of at least 4 members (excludes halogenated alkanes) is 1. The highest BCUT2D eigenvalue weighted by Gasteiger charge is 2.50. The van der Waals surface area contributed by atoms with Crippen molar-refractivity contribution in [2.24, 2.45) is 5.73 Å². The number of carbonyl (C=O) groups is 2. The zero-order valence-electron chi connectivity index (χ0n) is 25.1. The van der Waals surface area contributed by atoms with Gasteiger partial charge in [-0.1, -0.05) is 49.7 Å². The van der Waals surface area contributed by atoms with Gasteiger partial charge >= 0.3 is 12.2 Å². The highest BCUT2D eigenvalue weighted by Crippen LogP contribution is 2.29. The Kier molecular flexibility index (Phi) is 11.2. The van der Waals surface area contributed by atoms with Crippen molar-refractivity contribution in [3.63, 3.8) is 0 Å². The molecule has 0 bridgehead atoms. The first-order chi connectivity index (χ1) is 18.8. The van der Waals surface area contributed by atoms with Crippen molar-refractivity contribution in [2.75, 3.05) is 13.2 Å². The Morgan fingerprint density at radius 2 is 1.44 bits per heavy atom. The van der Waals surface area contributed by atoms with Crippen LogP contribution < -0.4 is 16.0 Å². The molecule has 2 rings (SSSR count). The smallest absolute Gasteiger partial charge is 0.441 e. The summed E-state index contributed by atoms with van der Waals surface area (Å²) in [6.45, 7) is 11.5. The molecule has 41 heavy (non-hydrogen) atoms. The lowest BCUT2D eigenvalue weighted by Gasteiger charge is -2.46. The number of amides is 2. The van der Waals surface area contributed by atoms with Gasteiger partial charge in [-0.15, -0.1) is 5.48 Å². The van der Waals surface area contributed by atoms with Crippen molar-refractivity contribution in [1.82, 2.24) is 10.4 Å². The van der Waals surface area contributed by atoms with E-state index < -0.39 is 34.8 Å². The number of nitrogens with zero attached hydrogens (tertiary/aromatic N) is 1. The lowest BCUT2D eigenvalue weighted by Crippen LogP contribution is -2.72. The van der Waals surface area contributed by atoms with Crippen molar-refractivity contribution in [1.29, 1.82) is 0 Å². The molecule has 0 saturated carbocycles. The maximum Gasteiger partial charge on any atom is 0.441 e. The predicted octanol–water partition coefficient (Wildman–Crippen LogP) is 4.08. The van der Waals surface area contributed by atoms with Crippen LogP contribution in [0, 0.1) is 0 Å². The summed E-state index contributed by atoms with van der Waals surface area (Å²) in [6, 6.07) is 14.7. The van der Waals surface area contributed by atoms with E-state index in [-0.39, 0.29) is 19.6 Å². The Balaban J connectivity index is 2.24. The molecule has 11 nitrogen and oxygen atoms in total. The summed E-state index contributed by atoms with van der Waals surface area (Å²) in [7, 11) is 0. The minimum Gasteiger partial charge on any atom is -0.491 e. The topological polar surface area (TPSA) is 164 Å². The van der Waals surface area contributed by atoms with E-state index in [9.17, 15) is 24.9 Å². The normalized spacial score (nSPS) is 13.6. The molecule has 0 spiro atoms. The fourth-order valence-corrected chi connectivity index (χ4v) is 3.86. The molecule has 0 aliphatic heterocycles. The van der Waals surface area contributed by atoms with Crippen molar-refractivity contribution < 1.29 is 39.2 Å². The molecule has 6 N–H and O–H groups in total. The number of hydrogen-bond donors (Lipinski definition) is 5. The Bertz CT molecular complexity index is 1130. The van der Waals surface area contributed by atoms with Gasteiger partial charge in [-0.05, 0) is 76.8 Å². The van der Waals surface area contributed by atoms with Crippen LogP contribution in [0.15, 0.2) is 48.5 Å². The van der Waals surface area contributed by atoms with E-state index in [0.717, 1.165) is 23.0 Å². The molecule has 0 aliphatic rings. The van der Waals surface area contributed by atoms with E-state index in [1.165, 1.54) is 0 Å². The second-order valence-electron chi connectivity index (χ2n) is 11.9. The number of benzene rings is 2. The standard InChI is InChI=1S/C30H45N3O8/c1-8-9-18-33(26(35)41-32-25(34)40-27(2,3)4)30(31,29(7,37)38)19-21-10-12-22(13-11-21)23-14-16-24(17-15-23)39-20-28(5,6)36/h10-17,36-38H,8-9,18-20,31H2,1-7H3,(H,32,34). The van der Waals surface area contributed by atoms with Crippen LogP contribution in [-0.4, -0.2) is 68.2 Å². The summed E-state index contributed by atoms with van der Waals surface area (Å²) in [5.41, 5.74) is 7.18. The average molecular weight is 576 g/mol. The Hall–Kier alpha value is -3.38. The summed E-state index contributed by atoms with van der Waals surface area (Å²) in [4.78, 5) is 31.0. The molecule has 0 aromatic heterocycles. The maximum atomic E-state index is 13.1. The first kappa shape index (κ1) is 33.8. The molecule has 11 heteroatoms. The van der Waals surface area contributed by atoms with E-state index in [1.807, 2.05) is 48.8 Å². The number of ether oxygens (including phenoxy) is 2. The molecule has 0 fully saturated rings. The first-order valence-corrected chi connectivity index (χ1v) is 13.6. The van der Waals surface area contributed by atoms with Crippen LogP contribution in [0.1, 0.15) is 66.9 Å². The number of carbonyl (C=O) groups excluding carboxylic acids is 2. The number of aliphatic hydroxyl groups is 3. The Morgan fingerprint density at radius 3 is 1.90 bits per heavy atom. The fourth-order valence-electron chi connectivity index (χ4n) is 3.86. The molecule has 1 atom stereocenters. The average Bonchev–Trinajstić information content (AvgIpc) is 2.85. The van der Waals surface area contributed by atoms with Gasteiger partial charge in [-0.2, -0.15) is 0 Å². The number of hydroxylamine groups is 1. The summed E-state index contributed by atoms with van der Waals surface area (Å²) in [5.74, 6) is -1.91. The minimum atomic E-state index is -2.54. The maximum absolute atomic E-state index is 13.1. The molecule has 0 radical (unpaired) electrons. The summed E-state index contributed by atoms with van der Waals surface area (Å²) in [5, 5.41) is 31.3. The Labute approximate surface area is 242 Å². The van der Waals surface area contributed by atoms with Crippen molar-refractivity contribution in [2.45, 2.75) is 90.4 Å². The molecule has 0 heterocycles. The molecule has 0 saturated heterocycles. The molecule has 0 aliphatic carbocycles. The molecule has 2 amide bonds. The molecule has 2 aromatic carbocycles. The van der Waals surface area contributed by atoms with Gasteiger partial charge in [0.25, 0.3) is 0 Å². The number of rotatable bonds is 11. The third-order valence-corrected chi connectivity index (χ3v) is 6.09. The fraction of sp³-hybridized carbons (Fsp3) is 0.533. The van der Waals surface area contributed by atoms with Crippen molar-refractivity contribution in [3.05, 3.63) is 54.1 Å². The van der Waals surface area contributed by atoms with Gasteiger partial charge in [0.15, 0.2) is 11.4 Å². The van der Waals surface area contributed by atoms with E-state index >= 15 is 0 Å². The van der Waals surface area contributed by atoms with Gasteiger partial charge in [0.1, 0.15) is 18.0 Å². The van der Waals surface area contributed by atoms with E-state index in [2.05, 4.69) is 0 Å². The SMILES string of the molecule is CCCCN(C(=O)ONC(=O)OC(C)(C)C)C(N)(Cc1ccc(-c2ccc(OCC(C)(C)O)cc2)cc1)C(C)(O)O. The summed E-state index contributed by atoms with van der Waals surface area (Å²) < 4.78 is 10.7. The molecular weight excluding hydrogens is 530 g/mol. The molecular formula is C30H45N3O8. The van der Waals surface area contributed by atoms with Crippen molar-refractivity contribution in [3.8, 4) is 16.9 Å². The van der Waals surface area contributed by atoms with Gasteiger partial charge in [-0.25, -0.2) is 9.59 Å². The van der Waals surface area contributed by atoms with Crippen LogP contribution in [0.25, 0.3) is 11.1 Å². The van der Waals surface area contributed by atoms with E-state index in [0.29, 0.717) is 24.2 Å². The predicted molar refractivity (Wildman–Crippen MR) is 155 cm³/mol. The van der Waals surface area contributed by atoms with Crippen LogP contribution in [0.4, 0.5) is 9.59 Å². The molecule has 1 unspecified atom stereocenters. The lowest BCUT2D eigenvalue weighted by molar-refractivity contribution is -0.231. The lowest BCUT2D eigenvalue weighted by atomic mass is 9.90. The number of hydrogen-bond acceptors (Lipinski definition) is 9. The third-order valence-electron chi connectivity index (χ3n) is 6.09. The zero-order chi connectivity index (χ0) is 31.1. The van der Waals surface area contributed by atoms with E-state index in [1.54, 1.807) is 46.8 Å². The van der Waals surface area contributed by atoms with E-state index in [4.69, 9.17) is 20.0 Å². The highest BCUT2D eigenvalue weighted by molar-refractivity contribution is 5.73. The molecule has 228 valence electrons. The monoisotopic (exact) mass is 575 g/mol. The second-order valence-corrected chi connectivity index (χ2v) is 11.9.